The molecule has 2 aromatic rings. The van der Waals surface area contributed by atoms with Crippen LogP contribution in [-0.4, -0.2) is 22.2 Å². The van der Waals surface area contributed by atoms with Gasteiger partial charge in [-0.25, -0.2) is 10.4 Å². The molecule has 0 amide bonds. The molecule has 1 aliphatic heterocycles. The zero-order valence-corrected chi connectivity index (χ0v) is 14.8. The molecule has 4 rings (SSSR count). The van der Waals surface area contributed by atoms with Crippen LogP contribution in [0.4, 0.5) is 17.5 Å². The minimum Gasteiger partial charge on any atom is -0.353 e. The molecule has 0 bridgehead atoms. The van der Waals surface area contributed by atoms with Crippen molar-refractivity contribution in [2.24, 2.45) is 5.92 Å². The Labute approximate surface area is 153 Å². The van der Waals surface area contributed by atoms with E-state index in [0.717, 1.165) is 35.1 Å². The number of hydrogen-bond acceptors (Lipinski definition) is 7. The van der Waals surface area contributed by atoms with E-state index in [2.05, 4.69) is 37.5 Å². The number of rotatable bonds is 6. The molecular formula is C19H23N7. The van der Waals surface area contributed by atoms with Crippen LogP contribution in [0.2, 0.25) is 0 Å². The Balaban J connectivity index is 1.41. The Morgan fingerprint density at radius 1 is 1.19 bits per heavy atom. The van der Waals surface area contributed by atoms with Crippen LogP contribution >= 0.6 is 0 Å². The molecule has 2 atom stereocenters. The third-order valence-electron chi connectivity index (χ3n) is 4.79. The predicted molar refractivity (Wildman–Crippen MR) is 101 cm³/mol. The third kappa shape index (κ3) is 4.10. The summed E-state index contributed by atoms with van der Waals surface area (Å²) < 4.78 is 0. The molecular weight excluding hydrogens is 326 g/mol. The predicted octanol–water partition coefficient (Wildman–Crippen LogP) is 2.61. The second kappa shape index (κ2) is 7.28. The van der Waals surface area contributed by atoms with Gasteiger partial charge >= 0.3 is 0 Å². The highest BCUT2D eigenvalue weighted by Gasteiger charge is 2.36. The van der Waals surface area contributed by atoms with Crippen LogP contribution in [0, 0.1) is 24.2 Å². The number of hydrogen-bond donors (Lipinski definition) is 4. The van der Waals surface area contributed by atoms with E-state index in [1.165, 1.54) is 12.8 Å². The number of nitriles is 1. The molecule has 2 heterocycles. The number of aromatic nitrogens is 2. The van der Waals surface area contributed by atoms with E-state index in [-0.39, 0.29) is 6.17 Å². The second-order valence-corrected chi connectivity index (χ2v) is 7.04. The highest BCUT2D eigenvalue weighted by atomic mass is 15.5. The van der Waals surface area contributed by atoms with Crippen molar-refractivity contribution in [1.82, 2.24) is 20.8 Å². The molecule has 0 radical (unpaired) electrons. The highest BCUT2D eigenvalue weighted by Crippen LogP contribution is 2.35. The minimum absolute atomic E-state index is 0.174. The van der Waals surface area contributed by atoms with E-state index in [4.69, 9.17) is 5.26 Å². The van der Waals surface area contributed by atoms with Crippen LogP contribution in [0.25, 0.3) is 0 Å². The molecule has 0 spiro atoms. The first-order chi connectivity index (χ1) is 12.7. The van der Waals surface area contributed by atoms with Gasteiger partial charge in [0.1, 0.15) is 5.82 Å². The van der Waals surface area contributed by atoms with Gasteiger partial charge in [0.25, 0.3) is 0 Å². The van der Waals surface area contributed by atoms with Crippen molar-refractivity contribution in [2.75, 3.05) is 10.6 Å². The Kier molecular flexibility index (Phi) is 4.69. The number of hydrazine groups is 1. The van der Waals surface area contributed by atoms with Gasteiger partial charge in [0.15, 0.2) is 0 Å². The van der Waals surface area contributed by atoms with Crippen molar-refractivity contribution in [3.05, 3.63) is 41.6 Å². The first kappa shape index (κ1) is 16.8. The van der Waals surface area contributed by atoms with E-state index >= 15 is 0 Å². The molecule has 7 heteroatoms. The molecule has 7 nitrogen and oxygen atoms in total. The first-order valence-corrected chi connectivity index (χ1v) is 9.06. The van der Waals surface area contributed by atoms with Crippen LogP contribution in [-0.2, 0) is 6.42 Å². The normalized spacial score (nSPS) is 22.0. The summed E-state index contributed by atoms with van der Waals surface area (Å²) in [5.74, 6) is 2.18. The van der Waals surface area contributed by atoms with Gasteiger partial charge in [-0.2, -0.15) is 10.2 Å². The van der Waals surface area contributed by atoms with Gasteiger partial charge in [0.05, 0.1) is 18.7 Å². The average molecular weight is 349 g/mol. The standard InChI is InChI=1S/C19H23N7/c1-12-10-17(23-18-11-16(25-26-18)14-4-5-14)24-19(21-12)22-15-6-2-13(3-7-15)8-9-20/h2-3,6-7,10,14,16,18,25-26H,4-5,8,11H2,1H3,(H2,21,22,23,24). The van der Waals surface area contributed by atoms with Crippen molar-refractivity contribution < 1.29 is 0 Å². The second-order valence-electron chi connectivity index (χ2n) is 7.04. The van der Waals surface area contributed by atoms with Crippen LogP contribution < -0.4 is 21.5 Å². The lowest BCUT2D eigenvalue weighted by Crippen LogP contribution is -2.37. The maximum atomic E-state index is 8.75. The van der Waals surface area contributed by atoms with Crippen molar-refractivity contribution in [3.63, 3.8) is 0 Å². The van der Waals surface area contributed by atoms with Crippen LogP contribution in [0.1, 0.15) is 30.5 Å². The van der Waals surface area contributed by atoms with Gasteiger partial charge in [-0.15, -0.1) is 0 Å². The molecule has 26 heavy (non-hydrogen) atoms. The molecule has 2 unspecified atom stereocenters. The molecule has 1 saturated carbocycles. The smallest absolute Gasteiger partial charge is 0.229 e. The zero-order valence-electron chi connectivity index (χ0n) is 14.8. The summed E-state index contributed by atoms with van der Waals surface area (Å²) in [6, 6.07) is 12.4. The average Bonchev–Trinajstić information content (AvgIpc) is 3.36. The van der Waals surface area contributed by atoms with Crippen LogP contribution in [0.3, 0.4) is 0 Å². The Morgan fingerprint density at radius 3 is 2.73 bits per heavy atom. The van der Waals surface area contributed by atoms with Crippen molar-refractivity contribution >= 4 is 17.5 Å². The van der Waals surface area contributed by atoms with E-state index in [1.54, 1.807) is 0 Å². The molecule has 4 N–H and O–H groups in total. The number of benzene rings is 1. The molecule has 1 aromatic heterocycles. The molecule has 134 valence electrons. The lowest BCUT2D eigenvalue weighted by atomic mass is 10.1. The lowest BCUT2D eigenvalue weighted by molar-refractivity contribution is 0.502. The van der Waals surface area contributed by atoms with Gasteiger partial charge in [0, 0.05) is 23.5 Å². The summed E-state index contributed by atoms with van der Waals surface area (Å²) in [7, 11) is 0. The minimum atomic E-state index is 0.174. The summed E-state index contributed by atoms with van der Waals surface area (Å²) in [4.78, 5) is 9.05. The van der Waals surface area contributed by atoms with E-state index in [9.17, 15) is 0 Å². The summed E-state index contributed by atoms with van der Waals surface area (Å²) in [5.41, 5.74) is 9.49. The molecule has 1 saturated heterocycles. The molecule has 1 aromatic carbocycles. The number of anilines is 3. The largest absolute Gasteiger partial charge is 0.353 e. The number of aryl methyl sites for hydroxylation is 1. The topological polar surface area (TPSA) is 97.7 Å². The van der Waals surface area contributed by atoms with E-state index < -0.39 is 0 Å². The van der Waals surface area contributed by atoms with E-state index in [1.807, 2.05) is 37.3 Å². The van der Waals surface area contributed by atoms with Crippen molar-refractivity contribution in [2.45, 2.75) is 44.8 Å². The lowest BCUT2D eigenvalue weighted by Gasteiger charge is -2.14. The number of nitrogens with one attached hydrogen (secondary N) is 4. The van der Waals surface area contributed by atoms with Crippen molar-refractivity contribution in [3.8, 4) is 6.07 Å². The quantitative estimate of drug-likeness (QED) is 0.636. The van der Waals surface area contributed by atoms with Crippen molar-refractivity contribution in [1.29, 1.82) is 5.26 Å². The van der Waals surface area contributed by atoms with Gasteiger partial charge in [0.2, 0.25) is 5.95 Å². The molecule has 2 aliphatic rings. The summed E-state index contributed by atoms with van der Waals surface area (Å²) >= 11 is 0. The Hall–Kier alpha value is -2.69. The fraction of sp³-hybridized carbons (Fsp3) is 0.421. The third-order valence-corrected chi connectivity index (χ3v) is 4.79. The van der Waals surface area contributed by atoms with Crippen LogP contribution in [0.5, 0.6) is 0 Å². The summed E-state index contributed by atoms with van der Waals surface area (Å²) in [6.07, 6.45) is 4.31. The molecule has 2 fully saturated rings. The maximum absolute atomic E-state index is 8.75. The highest BCUT2D eigenvalue weighted by molar-refractivity contribution is 5.56. The summed E-state index contributed by atoms with van der Waals surface area (Å²) in [5, 5.41) is 15.4. The Morgan fingerprint density at radius 2 is 2.00 bits per heavy atom. The van der Waals surface area contributed by atoms with E-state index in [0.29, 0.717) is 18.4 Å². The monoisotopic (exact) mass is 349 g/mol. The van der Waals surface area contributed by atoms with Gasteiger partial charge < -0.3 is 10.6 Å². The first-order valence-electron chi connectivity index (χ1n) is 9.06. The number of nitrogens with zero attached hydrogens (tertiary/aromatic N) is 3. The zero-order chi connectivity index (χ0) is 17.9. The molecule has 1 aliphatic carbocycles. The summed E-state index contributed by atoms with van der Waals surface area (Å²) in [6.45, 7) is 1.96. The van der Waals surface area contributed by atoms with Gasteiger partial charge in [-0.05, 0) is 49.8 Å². The SMILES string of the molecule is Cc1cc(NC2CC(C3CC3)NN2)nc(Nc2ccc(CC#N)cc2)n1. The van der Waals surface area contributed by atoms with Crippen LogP contribution in [0.15, 0.2) is 30.3 Å². The fourth-order valence-corrected chi connectivity index (χ4v) is 3.29. The van der Waals surface area contributed by atoms with Gasteiger partial charge in [-0.1, -0.05) is 12.1 Å². The fourth-order valence-electron chi connectivity index (χ4n) is 3.29. The Bertz CT molecular complexity index is 808. The van der Waals surface area contributed by atoms with Gasteiger partial charge in [-0.3, -0.25) is 5.43 Å². The maximum Gasteiger partial charge on any atom is 0.229 e.